The molecule has 2 aromatic heterocycles. The minimum Gasteiger partial charge on any atom is -0.310 e. The van der Waals surface area contributed by atoms with Crippen LogP contribution in [0.2, 0.25) is 0 Å². The molecule has 0 unspecified atom stereocenters. The molecule has 3 heteroatoms. The van der Waals surface area contributed by atoms with Crippen molar-refractivity contribution in [3.05, 3.63) is 200 Å². The van der Waals surface area contributed by atoms with E-state index in [0.717, 1.165) is 17.1 Å². The number of hydrogen-bond acceptors (Lipinski definition) is 3. The topological polar surface area (TPSA) is 3.24 Å². The summed E-state index contributed by atoms with van der Waals surface area (Å²) in [6.45, 7) is 0. The summed E-state index contributed by atoms with van der Waals surface area (Å²) in [6, 6.07) is 73.5. The van der Waals surface area contributed by atoms with Gasteiger partial charge in [0.15, 0.2) is 0 Å². The maximum atomic E-state index is 2.40. The van der Waals surface area contributed by atoms with Gasteiger partial charge in [0.25, 0.3) is 0 Å². The molecule has 0 aliphatic rings. The number of anilines is 3. The molecule has 0 bridgehead atoms. The average Bonchev–Trinajstić information content (AvgIpc) is 3.82. The minimum atomic E-state index is 1.11. The van der Waals surface area contributed by atoms with Gasteiger partial charge in [-0.2, -0.15) is 0 Å². The highest BCUT2D eigenvalue weighted by molar-refractivity contribution is 7.26. The SMILES string of the molecule is c1cc(-c2ccc3sc4ccccc4c3c2)cc(N(c2ccc(-c3ccc4c(c3)sc3ccccc34)cc2)c2cccc(-c3cccc4ccccc34)c2)c1. The van der Waals surface area contributed by atoms with Crippen molar-refractivity contribution < 1.29 is 0 Å². The zero-order valence-electron chi connectivity index (χ0n) is 29.8. The molecule has 0 radical (unpaired) electrons. The number of hydrogen-bond donors (Lipinski definition) is 0. The largest absolute Gasteiger partial charge is 0.310 e. The van der Waals surface area contributed by atoms with Crippen molar-refractivity contribution in [2.24, 2.45) is 0 Å². The van der Waals surface area contributed by atoms with E-state index in [2.05, 4.69) is 205 Å². The molecule has 11 aromatic rings. The fourth-order valence-electron chi connectivity index (χ4n) is 8.18. The van der Waals surface area contributed by atoms with Crippen LogP contribution in [0.15, 0.2) is 200 Å². The highest BCUT2D eigenvalue weighted by atomic mass is 32.1. The van der Waals surface area contributed by atoms with E-state index in [-0.39, 0.29) is 0 Å². The van der Waals surface area contributed by atoms with Crippen molar-refractivity contribution in [2.75, 3.05) is 4.90 Å². The lowest BCUT2D eigenvalue weighted by molar-refractivity contribution is 1.28. The van der Waals surface area contributed by atoms with Crippen LogP contribution >= 0.6 is 22.7 Å². The van der Waals surface area contributed by atoms with Gasteiger partial charge in [-0.05, 0) is 111 Å². The first-order valence-electron chi connectivity index (χ1n) is 18.7. The fraction of sp³-hybridized carbons (Fsp3) is 0. The third-order valence-electron chi connectivity index (χ3n) is 10.9. The van der Waals surface area contributed by atoms with E-state index in [4.69, 9.17) is 0 Å². The second-order valence-corrected chi connectivity index (χ2v) is 16.3. The Morgan fingerprint density at radius 2 is 0.800 bits per heavy atom. The standard InChI is InChI=1S/C52H33NS2/c1-2-16-43-35(10-1)11-9-19-44(43)39-13-8-15-42(31-39)53(40-26-22-34(23-27-40)38-24-28-47-45-17-3-5-20-49(45)55-52(47)33-38)41-14-7-12-36(30-41)37-25-29-51-48(32-37)46-18-4-6-21-50(46)54-51/h1-33H. The van der Waals surface area contributed by atoms with Crippen molar-refractivity contribution in [3.8, 4) is 33.4 Å². The molecule has 0 aliphatic carbocycles. The molecule has 1 nitrogen and oxygen atoms in total. The third-order valence-corrected chi connectivity index (χ3v) is 13.1. The van der Waals surface area contributed by atoms with E-state index in [1.165, 1.54) is 84.5 Å². The first-order valence-corrected chi connectivity index (χ1v) is 20.3. The molecule has 0 saturated heterocycles. The molecule has 2 heterocycles. The summed E-state index contributed by atoms with van der Waals surface area (Å²) in [7, 11) is 0. The lowest BCUT2D eigenvalue weighted by atomic mass is 9.97. The second kappa shape index (κ2) is 13.1. The van der Waals surface area contributed by atoms with E-state index >= 15 is 0 Å². The Hall–Kier alpha value is -6.52. The third kappa shape index (κ3) is 5.60. The van der Waals surface area contributed by atoms with Crippen LogP contribution < -0.4 is 4.90 Å². The number of benzene rings is 9. The van der Waals surface area contributed by atoms with E-state index in [0.29, 0.717) is 0 Å². The zero-order valence-corrected chi connectivity index (χ0v) is 31.4. The van der Waals surface area contributed by atoms with Crippen molar-refractivity contribution in [1.29, 1.82) is 0 Å². The summed E-state index contributed by atoms with van der Waals surface area (Å²) in [6.07, 6.45) is 0. The van der Waals surface area contributed by atoms with Gasteiger partial charge in [-0.3, -0.25) is 0 Å². The molecular formula is C52H33NS2. The molecule has 258 valence electrons. The number of nitrogens with zero attached hydrogens (tertiary/aromatic N) is 1. The summed E-state index contributed by atoms with van der Waals surface area (Å²) in [4.78, 5) is 2.40. The molecule has 0 amide bonds. The monoisotopic (exact) mass is 735 g/mol. The molecule has 0 aliphatic heterocycles. The summed E-state index contributed by atoms with van der Waals surface area (Å²) in [5.41, 5.74) is 10.6. The highest BCUT2D eigenvalue weighted by Gasteiger charge is 2.17. The van der Waals surface area contributed by atoms with Gasteiger partial charge in [-0.25, -0.2) is 0 Å². The van der Waals surface area contributed by atoms with Crippen LogP contribution in [0.5, 0.6) is 0 Å². The fourth-order valence-corrected chi connectivity index (χ4v) is 10.4. The van der Waals surface area contributed by atoms with Gasteiger partial charge in [-0.15, -0.1) is 22.7 Å². The van der Waals surface area contributed by atoms with E-state index in [1.54, 1.807) is 0 Å². The van der Waals surface area contributed by atoms with Crippen molar-refractivity contribution in [2.45, 2.75) is 0 Å². The van der Waals surface area contributed by atoms with Crippen molar-refractivity contribution >= 4 is 90.9 Å². The average molecular weight is 736 g/mol. The molecule has 11 rings (SSSR count). The predicted molar refractivity (Wildman–Crippen MR) is 241 cm³/mol. The van der Waals surface area contributed by atoms with Crippen molar-refractivity contribution in [1.82, 2.24) is 0 Å². The molecule has 0 atom stereocenters. The van der Waals surface area contributed by atoms with Gasteiger partial charge < -0.3 is 4.90 Å². The molecule has 0 N–H and O–H groups in total. The Morgan fingerprint density at radius 1 is 0.273 bits per heavy atom. The predicted octanol–water partition coefficient (Wildman–Crippen LogP) is 16.0. The number of fused-ring (bicyclic) bond motifs is 7. The second-order valence-electron chi connectivity index (χ2n) is 14.1. The van der Waals surface area contributed by atoms with E-state index < -0.39 is 0 Å². The number of thiophene rings is 2. The molecule has 0 saturated carbocycles. The summed E-state index contributed by atoms with van der Waals surface area (Å²) in [5.74, 6) is 0. The van der Waals surface area contributed by atoms with Gasteiger partial charge in [0.2, 0.25) is 0 Å². The van der Waals surface area contributed by atoms with Crippen LogP contribution in [0.25, 0.3) is 84.5 Å². The maximum Gasteiger partial charge on any atom is 0.0467 e. The smallest absolute Gasteiger partial charge is 0.0467 e. The van der Waals surface area contributed by atoms with Crippen LogP contribution in [-0.4, -0.2) is 0 Å². The van der Waals surface area contributed by atoms with Crippen LogP contribution in [-0.2, 0) is 0 Å². The van der Waals surface area contributed by atoms with Crippen LogP contribution in [0, 0.1) is 0 Å². The quantitative estimate of drug-likeness (QED) is 0.164. The Labute approximate surface area is 327 Å². The number of rotatable bonds is 6. The molecule has 0 fully saturated rings. The van der Waals surface area contributed by atoms with Crippen molar-refractivity contribution in [3.63, 3.8) is 0 Å². The van der Waals surface area contributed by atoms with Gasteiger partial charge in [0.1, 0.15) is 0 Å². The lowest BCUT2D eigenvalue weighted by Gasteiger charge is -2.27. The van der Waals surface area contributed by atoms with Crippen LogP contribution in [0.1, 0.15) is 0 Å². The maximum absolute atomic E-state index is 2.40. The first-order chi connectivity index (χ1) is 27.2. The molecule has 55 heavy (non-hydrogen) atoms. The Kier molecular flexibility index (Phi) is 7.61. The van der Waals surface area contributed by atoms with Crippen LogP contribution in [0.4, 0.5) is 17.1 Å². The van der Waals surface area contributed by atoms with Gasteiger partial charge in [0.05, 0.1) is 0 Å². The Bertz CT molecular complexity index is 3220. The molecule has 9 aromatic carbocycles. The highest BCUT2D eigenvalue weighted by Crippen LogP contribution is 2.42. The first kappa shape index (κ1) is 32.0. The lowest BCUT2D eigenvalue weighted by Crippen LogP contribution is -2.10. The van der Waals surface area contributed by atoms with Gasteiger partial charge in [0, 0.05) is 57.4 Å². The molecule has 0 spiro atoms. The Balaban J connectivity index is 1.03. The normalized spacial score (nSPS) is 11.6. The zero-order chi connectivity index (χ0) is 36.3. The summed E-state index contributed by atoms with van der Waals surface area (Å²) in [5, 5.41) is 7.79. The summed E-state index contributed by atoms with van der Waals surface area (Å²) >= 11 is 3.73. The van der Waals surface area contributed by atoms with Gasteiger partial charge >= 0.3 is 0 Å². The van der Waals surface area contributed by atoms with Gasteiger partial charge in [-0.1, -0.05) is 133 Å². The van der Waals surface area contributed by atoms with E-state index in [9.17, 15) is 0 Å². The summed E-state index contributed by atoms with van der Waals surface area (Å²) < 4.78 is 5.30. The Morgan fingerprint density at radius 3 is 1.60 bits per heavy atom. The minimum absolute atomic E-state index is 1.11. The van der Waals surface area contributed by atoms with E-state index in [1.807, 2.05) is 22.7 Å². The molecular weight excluding hydrogens is 703 g/mol. The van der Waals surface area contributed by atoms with Crippen LogP contribution in [0.3, 0.4) is 0 Å².